The number of rotatable bonds is 9. The van der Waals surface area contributed by atoms with E-state index >= 15 is 0 Å². The lowest BCUT2D eigenvalue weighted by atomic mass is 10.1. The Bertz CT molecular complexity index is 986. The zero-order valence-electron chi connectivity index (χ0n) is 15.8. The molecule has 0 bridgehead atoms. The van der Waals surface area contributed by atoms with Crippen LogP contribution in [-0.2, 0) is 24.0 Å². The average Bonchev–Trinajstić information content (AvgIpc) is 3.14. The van der Waals surface area contributed by atoms with Gasteiger partial charge in [0, 0.05) is 11.1 Å². The van der Waals surface area contributed by atoms with Crippen LogP contribution >= 0.6 is 23.1 Å². The molecule has 1 amide bonds. The maximum atomic E-state index is 12.7. The van der Waals surface area contributed by atoms with Gasteiger partial charge in [0.05, 0.1) is 0 Å². The van der Waals surface area contributed by atoms with Gasteiger partial charge in [-0.25, -0.2) is 19.4 Å². The molecule has 0 radical (unpaired) electrons. The molecule has 2 heterocycles. The van der Waals surface area contributed by atoms with Gasteiger partial charge in [0.1, 0.15) is 16.8 Å². The predicted molar refractivity (Wildman–Crippen MR) is 111 cm³/mol. The summed E-state index contributed by atoms with van der Waals surface area (Å²) in [5.74, 6) is -5.01. The second-order valence-electron chi connectivity index (χ2n) is 5.77. The van der Waals surface area contributed by atoms with Crippen LogP contribution in [0.4, 0.5) is 5.13 Å². The van der Waals surface area contributed by atoms with Crippen LogP contribution < -0.4 is 11.1 Å². The van der Waals surface area contributed by atoms with Crippen molar-refractivity contribution in [2.75, 3.05) is 18.1 Å². The molecule has 0 saturated heterocycles. The van der Waals surface area contributed by atoms with E-state index in [-0.39, 0.29) is 22.3 Å². The number of carboxylic acid groups (broad SMARTS) is 3. The van der Waals surface area contributed by atoms with Gasteiger partial charge in [0.15, 0.2) is 16.9 Å². The molecule has 1 aromatic rings. The zero-order valence-corrected chi connectivity index (χ0v) is 17.5. The van der Waals surface area contributed by atoms with Crippen molar-refractivity contribution in [2.24, 2.45) is 10.1 Å². The molecule has 31 heavy (non-hydrogen) atoms. The molecule has 15 heteroatoms. The summed E-state index contributed by atoms with van der Waals surface area (Å²) >= 11 is 2.00. The Hall–Kier alpha value is -3.46. The minimum atomic E-state index is -1.62. The summed E-state index contributed by atoms with van der Waals surface area (Å²) in [6.07, 6.45) is 1.56. The van der Waals surface area contributed by atoms with Gasteiger partial charge in [-0.05, 0) is 12.5 Å². The van der Waals surface area contributed by atoms with E-state index in [9.17, 15) is 29.4 Å². The molecular formula is C16H17N5O8S2. The lowest BCUT2D eigenvalue weighted by Gasteiger charge is -2.26. The average molecular weight is 471 g/mol. The first kappa shape index (κ1) is 23.8. The molecule has 0 aromatic carbocycles. The number of thiazole rings is 1. The quantitative estimate of drug-likeness (QED) is 0.232. The fraction of sp³-hybridized carbons (Fsp3) is 0.312. The summed E-state index contributed by atoms with van der Waals surface area (Å²) in [6.45, 7) is 0.778. The summed E-state index contributed by atoms with van der Waals surface area (Å²) in [4.78, 5) is 59.0. The van der Waals surface area contributed by atoms with Crippen molar-refractivity contribution in [3.8, 4) is 0 Å². The molecule has 0 aliphatic carbocycles. The highest BCUT2D eigenvalue weighted by Crippen LogP contribution is 2.26. The minimum Gasteiger partial charge on any atom is -0.480 e. The Kier molecular flexibility index (Phi) is 8.09. The van der Waals surface area contributed by atoms with Crippen LogP contribution in [0.5, 0.6) is 0 Å². The van der Waals surface area contributed by atoms with Crippen LogP contribution in [-0.4, -0.2) is 79.3 Å². The van der Waals surface area contributed by atoms with Gasteiger partial charge in [0.25, 0.3) is 5.91 Å². The van der Waals surface area contributed by atoms with E-state index in [0.29, 0.717) is 5.57 Å². The van der Waals surface area contributed by atoms with E-state index in [1.54, 1.807) is 13.0 Å². The Labute approximate surface area is 182 Å². The van der Waals surface area contributed by atoms with Crippen LogP contribution in [0.15, 0.2) is 27.2 Å². The van der Waals surface area contributed by atoms with E-state index < -0.39 is 47.5 Å². The van der Waals surface area contributed by atoms with Crippen molar-refractivity contribution in [2.45, 2.75) is 18.3 Å². The minimum absolute atomic E-state index is 0.0586. The van der Waals surface area contributed by atoms with Gasteiger partial charge in [-0.2, -0.15) is 0 Å². The highest BCUT2D eigenvalue weighted by Gasteiger charge is 2.36. The van der Waals surface area contributed by atoms with Gasteiger partial charge >= 0.3 is 17.9 Å². The number of allylic oxidation sites excluding steroid dienone is 1. The molecule has 0 fully saturated rings. The number of aliphatic imine (C=N–C) groups is 1. The first-order valence-corrected chi connectivity index (χ1v) is 10.3. The van der Waals surface area contributed by atoms with Crippen molar-refractivity contribution in [3.63, 3.8) is 0 Å². The van der Waals surface area contributed by atoms with Gasteiger partial charge in [-0.15, -0.1) is 23.1 Å². The second-order valence-corrected chi connectivity index (χ2v) is 7.76. The standard InChI is InChI=1S/C16H17N5O8S2/c1-2-6-4-30-13(20-9(6)14(25)26)11(15(27)28)19-12(24)10(21-29-3-8(22)23)7-5-31-16(17)18-7/h2,5,11,13H,3-4H2,1H3,(H2,17,18)(H,19,24)(H,22,23)(H,25,26)(H,27,28)/b6-2?,21-10-/t11-,13?/m0/s1. The van der Waals surface area contributed by atoms with Crippen LogP contribution in [0.3, 0.4) is 0 Å². The molecule has 1 aliphatic rings. The van der Waals surface area contributed by atoms with Gasteiger partial charge in [0.2, 0.25) is 6.61 Å². The molecular weight excluding hydrogens is 454 g/mol. The van der Waals surface area contributed by atoms with Crippen LogP contribution in [0.25, 0.3) is 0 Å². The van der Waals surface area contributed by atoms with Crippen molar-refractivity contribution in [1.82, 2.24) is 10.3 Å². The number of nitrogens with zero attached hydrogens (tertiary/aromatic N) is 3. The number of oxime groups is 1. The van der Waals surface area contributed by atoms with E-state index in [2.05, 4.69) is 25.3 Å². The number of carbonyl (C=O) groups is 4. The first-order valence-electron chi connectivity index (χ1n) is 8.39. The van der Waals surface area contributed by atoms with E-state index in [4.69, 9.17) is 10.8 Å². The second kappa shape index (κ2) is 10.5. The Morgan fingerprint density at radius 2 is 2.10 bits per heavy atom. The molecule has 1 unspecified atom stereocenters. The largest absolute Gasteiger partial charge is 0.480 e. The molecule has 1 aromatic heterocycles. The lowest BCUT2D eigenvalue weighted by Crippen LogP contribution is -2.50. The van der Waals surface area contributed by atoms with Crippen molar-refractivity contribution in [3.05, 3.63) is 22.7 Å². The third-order valence-corrected chi connectivity index (χ3v) is 5.55. The molecule has 13 nitrogen and oxygen atoms in total. The molecule has 0 saturated carbocycles. The number of hydrogen-bond donors (Lipinski definition) is 5. The number of nitrogens with two attached hydrogens (primary N) is 1. The third kappa shape index (κ3) is 6.26. The maximum absolute atomic E-state index is 12.7. The fourth-order valence-corrected chi connectivity index (χ4v) is 4.05. The molecule has 2 rings (SSSR count). The Morgan fingerprint density at radius 1 is 1.39 bits per heavy atom. The van der Waals surface area contributed by atoms with Crippen molar-refractivity contribution >= 4 is 63.5 Å². The number of amides is 1. The summed E-state index contributed by atoms with van der Waals surface area (Å²) in [5.41, 5.74) is 5.11. The first-order chi connectivity index (χ1) is 14.6. The highest BCUT2D eigenvalue weighted by molar-refractivity contribution is 8.00. The van der Waals surface area contributed by atoms with E-state index in [1.165, 1.54) is 5.38 Å². The molecule has 166 valence electrons. The monoisotopic (exact) mass is 471 g/mol. The van der Waals surface area contributed by atoms with E-state index in [1.807, 2.05) is 0 Å². The number of anilines is 1. The fourth-order valence-electron chi connectivity index (χ4n) is 2.29. The number of hydrogen-bond acceptors (Lipinski definition) is 11. The Morgan fingerprint density at radius 3 is 2.61 bits per heavy atom. The van der Waals surface area contributed by atoms with Crippen LogP contribution in [0.2, 0.25) is 0 Å². The maximum Gasteiger partial charge on any atom is 0.354 e. The summed E-state index contributed by atoms with van der Waals surface area (Å²) in [6, 6.07) is -1.62. The number of aromatic nitrogens is 1. The van der Waals surface area contributed by atoms with Crippen LogP contribution in [0, 0.1) is 0 Å². The van der Waals surface area contributed by atoms with Crippen molar-refractivity contribution in [1.29, 1.82) is 0 Å². The lowest BCUT2D eigenvalue weighted by molar-refractivity contribution is -0.142. The number of nitrogens with one attached hydrogen (secondary N) is 1. The topological polar surface area (TPSA) is 214 Å². The Balaban J connectivity index is 2.32. The highest BCUT2D eigenvalue weighted by atomic mass is 32.2. The SMILES string of the molecule is CC=C1CSC([C@H](NC(=O)/C(=N\OCC(=O)O)c2csc(N)n2)C(=O)O)N=C1C(=O)O. The number of aliphatic carboxylic acids is 3. The van der Waals surface area contributed by atoms with Crippen molar-refractivity contribution < 1.29 is 39.3 Å². The predicted octanol–water partition coefficient (Wildman–Crippen LogP) is -0.355. The third-order valence-electron chi connectivity index (χ3n) is 3.68. The molecule has 2 atom stereocenters. The molecule has 0 spiro atoms. The zero-order chi connectivity index (χ0) is 23.1. The number of thioether (sulfide) groups is 1. The number of carboxylic acids is 3. The van der Waals surface area contributed by atoms with E-state index in [0.717, 1.165) is 23.1 Å². The summed E-state index contributed by atoms with van der Waals surface area (Å²) in [5, 5.41) is 33.5. The normalized spacial score (nSPS) is 18.7. The van der Waals surface area contributed by atoms with Gasteiger partial charge in [-0.3, -0.25) is 9.79 Å². The summed E-state index contributed by atoms with van der Waals surface area (Å²) < 4.78 is 0. The van der Waals surface area contributed by atoms with Gasteiger partial charge < -0.3 is 31.2 Å². The number of nitrogen functional groups attached to an aromatic ring is 1. The van der Waals surface area contributed by atoms with Crippen LogP contribution in [0.1, 0.15) is 12.6 Å². The molecule has 1 aliphatic heterocycles. The van der Waals surface area contributed by atoms with Gasteiger partial charge in [-0.1, -0.05) is 11.2 Å². The number of carbonyl (C=O) groups excluding carboxylic acids is 1. The summed E-state index contributed by atoms with van der Waals surface area (Å²) in [7, 11) is 0. The molecule has 6 N–H and O–H groups in total. The smallest absolute Gasteiger partial charge is 0.354 e.